The van der Waals surface area contributed by atoms with Crippen LogP contribution in [0.25, 0.3) is 0 Å². The van der Waals surface area contributed by atoms with Crippen molar-refractivity contribution < 1.29 is 23.8 Å². The molecule has 1 aliphatic heterocycles. The van der Waals surface area contributed by atoms with Gasteiger partial charge in [0.05, 0.1) is 32.8 Å². The van der Waals surface area contributed by atoms with Crippen molar-refractivity contribution in [3.05, 3.63) is 71.8 Å². The van der Waals surface area contributed by atoms with E-state index < -0.39 is 23.8 Å². The molecule has 5 atom stereocenters. The molecule has 0 bridgehead atoms. The number of nitrogens with one attached hydrogen (secondary N) is 1. The molecule has 1 heterocycles. The van der Waals surface area contributed by atoms with Gasteiger partial charge in [0.15, 0.2) is 0 Å². The van der Waals surface area contributed by atoms with E-state index >= 15 is 0 Å². The van der Waals surface area contributed by atoms with Crippen molar-refractivity contribution in [2.24, 2.45) is 11.8 Å². The normalized spacial score (nSPS) is 24.7. The first-order chi connectivity index (χ1) is 14.1. The number of hydrogen-bond donors (Lipinski definition) is 1. The number of esters is 2. The lowest BCUT2D eigenvalue weighted by Gasteiger charge is -2.28. The molecule has 2 aromatic rings. The third kappa shape index (κ3) is 4.66. The Hall–Kier alpha value is -2.70. The van der Waals surface area contributed by atoms with Gasteiger partial charge in [-0.15, -0.1) is 0 Å². The van der Waals surface area contributed by atoms with E-state index in [9.17, 15) is 9.59 Å². The lowest BCUT2D eigenvalue weighted by atomic mass is 9.81. The van der Waals surface area contributed by atoms with E-state index in [1.54, 1.807) is 0 Å². The molecule has 0 aliphatic carbocycles. The first-order valence-corrected chi connectivity index (χ1v) is 9.69. The number of hydrogen-bond acceptors (Lipinski definition) is 6. The van der Waals surface area contributed by atoms with Crippen LogP contribution >= 0.6 is 0 Å². The Labute approximate surface area is 171 Å². The first kappa shape index (κ1) is 21.0. The summed E-state index contributed by atoms with van der Waals surface area (Å²) in [5.41, 5.74) is 1.93. The minimum atomic E-state index is -0.680. The zero-order valence-corrected chi connectivity index (χ0v) is 16.9. The summed E-state index contributed by atoms with van der Waals surface area (Å²) in [5, 5.41) is 3.30. The van der Waals surface area contributed by atoms with Crippen molar-refractivity contribution in [1.29, 1.82) is 0 Å². The van der Waals surface area contributed by atoms with Crippen molar-refractivity contribution in [3.8, 4) is 0 Å². The fourth-order valence-corrected chi connectivity index (χ4v) is 4.06. The molecule has 3 rings (SSSR count). The van der Waals surface area contributed by atoms with Crippen molar-refractivity contribution in [2.45, 2.75) is 31.7 Å². The Balaban J connectivity index is 1.89. The van der Waals surface area contributed by atoms with Gasteiger partial charge in [-0.05, 0) is 18.1 Å². The van der Waals surface area contributed by atoms with Crippen LogP contribution in [-0.2, 0) is 30.4 Å². The molecular formula is C23H27NO5. The SMILES string of the molecule is COC(=O)[C@H]1[C@H]([C@H](C)OCc2ccccc2)[C@@H](C(=O)OC)N[C@H]1c1ccccc1. The molecule has 29 heavy (non-hydrogen) atoms. The third-order valence-electron chi connectivity index (χ3n) is 5.50. The minimum absolute atomic E-state index is 0.375. The van der Waals surface area contributed by atoms with Gasteiger partial charge in [-0.3, -0.25) is 14.9 Å². The maximum Gasteiger partial charge on any atom is 0.323 e. The van der Waals surface area contributed by atoms with Crippen LogP contribution in [0.15, 0.2) is 60.7 Å². The summed E-state index contributed by atoms with van der Waals surface area (Å²) in [6, 6.07) is 18.3. The Morgan fingerprint density at radius 3 is 2.10 bits per heavy atom. The number of rotatable bonds is 7. The second-order valence-electron chi connectivity index (χ2n) is 7.18. The highest BCUT2D eigenvalue weighted by atomic mass is 16.5. The summed E-state index contributed by atoms with van der Waals surface area (Å²) in [6.45, 7) is 2.27. The molecule has 1 fully saturated rings. The quantitative estimate of drug-likeness (QED) is 0.725. The molecule has 0 amide bonds. The van der Waals surface area contributed by atoms with E-state index in [0.29, 0.717) is 6.61 Å². The van der Waals surface area contributed by atoms with Gasteiger partial charge in [0.2, 0.25) is 0 Å². The van der Waals surface area contributed by atoms with Gasteiger partial charge in [-0.1, -0.05) is 60.7 Å². The molecule has 0 radical (unpaired) electrons. The van der Waals surface area contributed by atoms with Crippen molar-refractivity contribution in [3.63, 3.8) is 0 Å². The largest absolute Gasteiger partial charge is 0.469 e. The van der Waals surface area contributed by atoms with Gasteiger partial charge < -0.3 is 14.2 Å². The third-order valence-corrected chi connectivity index (χ3v) is 5.50. The minimum Gasteiger partial charge on any atom is -0.469 e. The van der Waals surface area contributed by atoms with Crippen molar-refractivity contribution in [1.82, 2.24) is 5.32 Å². The Kier molecular flexibility index (Phi) is 7.01. The Morgan fingerprint density at radius 2 is 1.52 bits per heavy atom. The Morgan fingerprint density at radius 1 is 0.931 bits per heavy atom. The summed E-state index contributed by atoms with van der Waals surface area (Å²) >= 11 is 0. The molecule has 2 aromatic carbocycles. The summed E-state index contributed by atoms with van der Waals surface area (Å²) in [6.07, 6.45) is -0.385. The highest BCUT2D eigenvalue weighted by Crippen LogP contribution is 2.41. The summed E-state index contributed by atoms with van der Waals surface area (Å²) in [4.78, 5) is 25.3. The monoisotopic (exact) mass is 397 g/mol. The lowest BCUT2D eigenvalue weighted by Crippen LogP contribution is -2.43. The molecule has 0 aromatic heterocycles. The molecule has 0 saturated carbocycles. The molecule has 0 unspecified atom stereocenters. The van der Waals surface area contributed by atoms with Crippen LogP contribution in [0.4, 0.5) is 0 Å². The van der Waals surface area contributed by atoms with E-state index in [-0.39, 0.29) is 18.1 Å². The topological polar surface area (TPSA) is 73.9 Å². The van der Waals surface area contributed by atoms with Crippen LogP contribution in [-0.4, -0.2) is 38.3 Å². The fraction of sp³-hybridized carbons (Fsp3) is 0.391. The van der Waals surface area contributed by atoms with Crippen molar-refractivity contribution >= 4 is 11.9 Å². The predicted molar refractivity (Wildman–Crippen MR) is 108 cm³/mol. The maximum atomic E-state index is 12.8. The Bertz CT molecular complexity index is 811. The zero-order chi connectivity index (χ0) is 20.8. The predicted octanol–water partition coefficient (Wildman–Crippen LogP) is 2.88. The van der Waals surface area contributed by atoms with Gasteiger partial charge in [0, 0.05) is 12.0 Å². The second kappa shape index (κ2) is 9.67. The van der Waals surface area contributed by atoms with Crippen LogP contribution in [0.2, 0.25) is 0 Å². The van der Waals surface area contributed by atoms with Gasteiger partial charge in [-0.25, -0.2) is 0 Å². The highest BCUT2D eigenvalue weighted by Gasteiger charge is 2.53. The van der Waals surface area contributed by atoms with E-state index in [1.165, 1.54) is 14.2 Å². The molecule has 6 nitrogen and oxygen atoms in total. The molecule has 1 saturated heterocycles. The van der Waals surface area contributed by atoms with Crippen LogP contribution < -0.4 is 5.32 Å². The summed E-state index contributed by atoms with van der Waals surface area (Å²) < 4.78 is 16.2. The van der Waals surface area contributed by atoms with Crippen molar-refractivity contribution in [2.75, 3.05) is 14.2 Å². The van der Waals surface area contributed by atoms with Crippen LogP contribution in [0.3, 0.4) is 0 Å². The highest BCUT2D eigenvalue weighted by molar-refractivity contribution is 5.81. The van der Waals surface area contributed by atoms with E-state index in [1.807, 2.05) is 67.6 Å². The molecule has 0 spiro atoms. The average molecular weight is 397 g/mol. The number of carbonyl (C=O) groups excluding carboxylic acids is 2. The molecule has 154 valence electrons. The van der Waals surface area contributed by atoms with Gasteiger partial charge in [0.1, 0.15) is 6.04 Å². The second-order valence-corrected chi connectivity index (χ2v) is 7.18. The number of methoxy groups -OCH3 is 2. The van der Waals surface area contributed by atoms with Crippen LogP contribution in [0.1, 0.15) is 24.1 Å². The molecule has 1 aliphatic rings. The lowest BCUT2D eigenvalue weighted by molar-refractivity contribution is -0.152. The molecule has 1 N–H and O–H groups in total. The maximum absolute atomic E-state index is 12.8. The summed E-state index contributed by atoms with van der Waals surface area (Å²) in [5.74, 6) is -1.82. The fourth-order valence-electron chi connectivity index (χ4n) is 4.06. The zero-order valence-electron chi connectivity index (χ0n) is 16.9. The van der Waals surface area contributed by atoms with Crippen LogP contribution in [0, 0.1) is 11.8 Å². The smallest absolute Gasteiger partial charge is 0.323 e. The number of benzene rings is 2. The van der Waals surface area contributed by atoms with E-state index in [0.717, 1.165) is 11.1 Å². The molecular weight excluding hydrogens is 370 g/mol. The van der Waals surface area contributed by atoms with Gasteiger partial charge >= 0.3 is 11.9 Å². The summed E-state index contributed by atoms with van der Waals surface area (Å²) in [7, 11) is 2.71. The van der Waals surface area contributed by atoms with Crippen LogP contribution in [0.5, 0.6) is 0 Å². The van der Waals surface area contributed by atoms with E-state index in [4.69, 9.17) is 14.2 Å². The first-order valence-electron chi connectivity index (χ1n) is 9.69. The number of ether oxygens (including phenoxy) is 3. The van der Waals surface area contributed by atoms with Gasteiger partial charge in [-0.2, -0.15) is 0 Å². The number of carbonyl (C=O) groups is 2. The molecule has 6 heteroatoms. The van der Waals surface area contributed by atoms with E-state index in [2.05, 4.69) is 5.32 Å². The standard InChI is InChI=1S/C23H27NO5/c1-15(29-14-16-10-6-4-7-11-16)18-19(22(25)27-2)20(17-12-8-5-9-13-17)24-21(18)23(26)28-3/h4-13,15,18-21,24H,14H2,1-3H3/t15-,18-,19-,20-,21-/m0/s1. The van der Waals surface area contributed by atoms with Gasteiger partial charge in [0.25, 0.3) is 0 Å². The average Bonchev–Trinajstić information content (AvgIpc) is 3.18.